The summed E-state index contributed by atoms with van der Waals surface area (Å²) >= 11 is 7.21. The molecule has 1 N–H and O–H groups in total. The summed E-state index contributed by atoms with van der Waals surface area (Å²) in [5, 5.41) is 7.36. The fourth-order valence-electron chi connectivity index (χ4n) is 4.81. The molecule has 2 aromatic rings. The Labute approximate surface area is 197 Å². The Kier molecular flexibility index (Phi) is 6.20. The van der Waals surface area contributed by atoms with Crippen molar-refractivity contribution in [2.24, 2.45) is 10.1 Å². The van der Waals surface area contributed by atoms with Crippen molar-refractivity contribution in [3.8, 4) is 0 Å². The number of halogens is 1. The Morgan fingerprint density at radius 3 is 2.84 bits per heavy atom. The first-order valence-electron chi connectivity index (χ1n) is 11.2. The van der Waals surface area contributed by atoms with Gasteiger partial charge in [-0.05, 0) is 42.5 Å². The zero-order valence-electron chi connectivity index (χ0n) is 18.1. The molecule has 3 aliphatic rings. The summed E-state index contributed by atoms with van der Waals surface area (Å²) in [6.45, 7) is 2.25. The van der Waals surface area contributed by atoms with E-state index in [9.17, 15) is 4.79 Å². The second kappa shape index (κ2) is 9.24. The van der Waals surface area contributed by atoms with Gasteiger partial charge in [0.15, 0.2) is 0 Å². The number of nitrogens with zero attached hydrogens (tertiary/aromatic N) is 3. The number of hydrogen-bond donors (Lipinski definition) is 1. The third kappa shape index (κ3) is 4.41. The average molecular weight is 471 g/mol. The number of nitrogens with one attached hydrogen (secondary N) is 1. The van der Waals surface area contributed by atoms with Crippen LogP contribution in [0.15, 0.2) is 40.5 Å². The summed E-state index contributed by atoms with van der Waals surface area (Å²) in [7, 11) is 2.10. The van der Waals surface area contributed by atoms with Crippen molar-refractivity contribution in [1.82, 2.24) is 10.2 Å². The van der Waals surface area contributed by atoms with Crippen LogP contribution in [0.1, 0.15) is 64.4 Å². The SMILES string of the molecule is CN1CCN=C1c1ccc(C2=NOC(CNC(=O)c3ccc(Cl)s3)C2)c(C2CCCC2)c1. The molecule has 1 atom stereocenters. The van der Waals surface area contributed by atoms with Crippen molar-refractivity contribution in [3.05, 3.63) is 56.2 Å². The number of carbonyl (C=O) groups is 1. The van der Waals surface area contributed by atoms with Crippen LogP contribution in [0.5, 0.6) is 0 Å². The van der Waals surface area contributed by atoms with Gasteiger partial charge in [0.05, 0.1) is 28.0 Å². The predicted molar refractivity (Wildman–Crippen MR) is 129 cm³/mol. The van der Waals surface area contributed by atoms with Gasteiger partial charge in [-0.1, -0.05) is 41.7 Å². The van der Waals surface area contributed by atoms with Crippen molar-refractivity contribution in [1.29, 1.82) is 0 Å². The van der Waals surface area contributed by atoms with Gasteiger partial charge >= 0.3 is 0 Å². The molecule has 1 saturated carbocycles. The third-order valence-corrected chi connectivity index (χ3v) is 7.72. The Balaban J connectivity index is 1.30. The van der Waals surface area contributed by atoms with Crippen molar-refractivity contribution in [2.45, 2.75) is 44.1 Å². The van der Waals surface area contributed by atoms with E-state index in [1.165, 1.54) is 53.7 Å². The zero-order valence-corrected chi connectivity index (χ0v) is 19.7. The van der Waals surface area contributed by atoms with Gasteiger partial charge in [0.25, 0.3) is 5.91 Å². The monoisotopic (exact) mass is 470 g/mol. The first-order chi connectivity index (χ1) is 15.6. The molecule has 0 spiro atoms. The lowest BCUT2D eigenvalue weighted by atomic mass is 9.88. The Morgan fingerprint density at radius 1 is 1.28 bits per heavy atom. The van der Waals surface area contributed by atoms with E-state index in [1.807, 2.05) is 0 Å². The van der Waals surface area contributed by atoms with Gasteiger partial charge in [-0.3, -0.25) is 9.79 Å². The number of likely N-dealkylation sites (N-methyl/N-ethyl adjacent to an activating group) is 1. The summed E-state index contributed by atoms with van der Waals surface area (Å²) in [5.41, 5.74) is 4.70. The van der Waals surface area contributed by atoms with Gasteiger partial charge < -0.3 is 15.1 Å². The molecule has 5 rings (SSSR count). The number of rotatable bonds is 6. The van der Waals surface area contributed by atoms with Crippen molar-refractivity contribution >= 4 is 40.4 Å². The number of hydrogen-bond acceptors (Lipinski definition) is 6. The minimum Gasteiger partial charge on any atom is -0.390 e. The van der Waals surface area contributed by atoms with E-state index in [0.717, 1.165) is 24.6 Å². The van der Waals surface area contributed by atoms with Crippen LogP contribution in [0.2, 0.25) is 4.34 Å². The second-order valence-electron chi connectivity index (χ2n) is 8.69. The molecule has 32 heavy (non-hydrogen) atoms. The molecule has 0 saturated heterocycles. The number of amides is 1. The number of carbonyl (C=O) groups excluding carboxylic acids is 1. The summed E-state index contributed by atoms with van der Waals surface area (Å²) in [6, 6.07) is 10.1. The van der Waals surface area contributed by atoms with Crippen molar-refractivity contribution in [2.75, 3.05) is 26.7 Å². The maximum atomic E-state index is 12.3. The quantitative estimate of drug-likeness (QED) is 0.666. The van der Waals surface area contributed by atoms with E-state index >= 15 is 0 Å². The molecule has 8 heteroatoms. The molecule has 0 bridgehead atoms. The van der Waals surface area contributed by atoms with Gasteiger partial charge in [-0.2, -0.15) is 0 Å². The maximum absolute atomic E-state index is 12.3. The summed E-state index contributed by atoms with van der Waals surface area (Å²) in [6.07, 6.45) is 5.52. The van der Waals surface area contributed by atoms with E-state index in [0.29, 0.717) is 28.1 Å². The zero-order chi connectivity index (χ0) is 22.1. The Bertz CT molecular complexity index is 1070. The number of amidine groups is 1. The standard InChI is InChI=1S/C24H27ClN4O2S/c1-29-11-10-26-23(29)16-6-7-18(19(12-16)15-4-2-3-5-15)20-13-17(31-28-20)14-27-24(30)21-8-9-22(25)32-21/h6-9,12,15,17H,2-5,10-11,13-14H2,1H3,(H,27,30). The van der Waals surface area contributed by atoms with Gasteiger partial charge in [-0.25, -0.2) is 0 Å². The molecule has 1 aromatic carbocycles. The molecule has 3 heterocycles. The van der Waals surface area contributed by atoms with Gasteiger partial charge in [0.1, 0.15) is 11.9 Å². The van der Waals surface area contributed by atoms with Crippen LogP contribution in [0.4, 0.5) is 0 Å². The minimum absolute atomic E-state index is 0.128. The highest BCUT2D eigenvalue weighted by Gasteiger charge is 2.29. The fraction of sp³-hybridized carbons (Fsp3) is 0.458. The van der Waals surface area contributed by atoms with Gasteiger partial charge in [-0.15, -0.1) is 11.3 Å². The van der Waals surface area contributed by atoms with Crippen LogP contribution < -0.4 is 5.32 Å². The van der Waals surface area contributed by atoms with E-state index in [1.54, 1.807) is 12.1 Å². The smallest absolute Gasteiger partial charge is 0.261 e. The van der Waals surface area contributed by atoms with Crippen LogP contribution in [-0.4, -0.2) is 55.1 Å². The first kappa shape index (κ1) is 21.5. The Morgan fingerprint density at radius 2 is 2.12 bits per heavy atom. The van der Waals surface area contributed by atoms with Crippen LogP contribution in [0.3, 0.4) is 0 Å². The molecule has 168 valence electrons. The van der Waals surface area contributed by atoms with E-state index < -0.39 is 0 Å². The van der Waals surface area contributed by atoms with E-state index in [-0.39, 0.29) is 12.0 Å². The molecule has 0 radical (unpaired) electrons. The number of benzene rings is 1. The molecule has 1 fully saturated rings. The molecule has 6 nitrogen and oxygen atoms in total. The first-order valence-corrected chi connectivity index (χ1v) is 12.4. The molecule has 1 aromatic heterocycles. The normalized spacial score (nSPS) is 20.9. The largest absolute Gasteiger partial charge is 0.390 e. The lowest BCUT2D eigenvalue weighted by Gasteiger charge is -2.19. The topological polar surface area (TPSA) is 66.3 Å². The van der Waals surface area contributed by atoms with Crippen LogP contribution in [-0.2, 0) is 4.84 Å². The highest BCUT2D eigenvalue weighted by atomic mass is 35.5. The van der Waals surface area contributed by atoms with Crippen LogP contribution in [0, 0.1) is 0 Å². The summed E-state index contributed by atoms with van der Waals surface area (Å²) in [4.78, 5) is 25.5. The molecule has 2 aliphatic heterocycles. The summed E-state index contributed by atoms with van der Waals surface area (Å²) in [5.74, 6) is 1.51. The molecule has 1 aliphatic carbocycles. The lowest BCUT2D eigenvalue weighted by Crippen LogP contribution is -2.32. The van der Waals surface area contributed by atoms with Crippen LogP contribution in [0.25, 0.3) is 0 Å². The van der Waals surface area contributed by atoms with Gasteiger partial charge in [0, 0.05) is 31.1 Å². The predicted octanol–water partition coefficient (Wildman–Crippen LogP) is 4.67. The van der Waals surface area contributed by atoms with Crippen molar-refractivity contribution in [3.63, 3.8) is 0 Å². The van der Waals surface area contributed by atoms with E-state index in [2.05, 4.69) is 40.6 Å². The molecular weight excluding hydrogens is 444 g/mol. The highest BCUT2D eigenvalue weighted by molar-refractivity contribution is 7.18. The lowest BCUT2D eigenvalue weighted by molar-refractivity contribution is 0.0755. The number of oxime groups is 1. The number of thiophene rings is 1. The van der Waals surface area contributed by atoms with E-state index in [4.69, 9.17) is 21.4 Å². The van der Waals surface area contributed by atoms with Gasteiger partial charge in [0.2, 0.25) is 0 Å². The molecule has 1 unspecified atom stereocenters. The minimum atomic E-state index is -0.161. The highest BCUT2D eigenvalue weighted by Crippen LogP contribution is 2.37. The Hall–Kier alpha value is -2.38. The summed E-state index contributed by atoms with van der Waals surface area (Å²) < 4.78 is 0.607. The van der Waals surface area contributed by atoms with Crippen molar-refractivity contribution < 1.29 is 9.63 Å². The fourth-order valence-corrected chi connectivity index (χ4v) is 5.77. The molecule has 1 amide bonds. The third-order valence-electron chi connectivity index (χ3n) is 6.49. The molecular formula is C24H27ClN4O2S. The maximum Gasteiger partial charge on any atom is 0.261 e. The average Bonchev–Trinajstić information content (AvgIpc) is 3.59. The van der Waals surface area contributed by atoms with Crippen LogP contribution >= 0.6 is 22.9 Å². The second-order valence-corrected chi connectivity index (χ2v) is 10.4. The number of aliphatic imine (C=N–C) groups is 1.